The van der Waals surface area contributed by atoms with Gasteiger partial charge in [-0.3, -0.25) is 19.3 Å². The van der Waals surface area contributed by atoms with Gasteiger partial charge in [-0.1, -0.05) is 60.2 Å². The molecule has 0 spiro atoms. The number of halogens is 1. The Morgan fingerprint density at radius 3 is 2.27 bits per heavy atom. The van der Waals surface area contributed by atoms with Crippen LogP contribution in [-0.4, -0.2) is 28.7 Å². The molecule has 2 bridgehead atoms. The number of hydrogen-bond acceptors (Lipinski definition) is 3. The normalized spacial score (nSPS) is 31.9. The molecule has 2 aromatic rings. The van der Waals surface area contributed by atoms with Gasteiger partial charge in [-0.15, -0.1) is 0 Å². The second kappa shape index (κ2) is 7.56. The number of amides is 3. The summed E-state index contributed by atoms with van der Waals surface area (Å²) in [5.74, 6) is -0.0891. The SMILES string of the molecule is Cc1c(Cl)cccc1NC(=O)[C@H](Cc1ccccc1)N1C(=O)[C@@H]2[C@H]3C=C[C@@H]([C@@H]4C[C@H]34)[C@H]2C1=O. The predicted molar refractivity (Wildman–Crippen MR) is 125 cm³/mol. The molecule has 0 unspecified atom stereocenters. The van der Waals surface area contributed by atoms with E-state index in [-0.39, 0.29) is 47.8 Å². The van der Waals surface area contributed by atoms with Crippen molar-refractivity contribution in [2.45, 2.75) is 25.8 Å². The summed E-state index contributed by atoms with van der Waals surface area (Å²) in [4.78, 5) is 42.3. The fourth-order valence-electron chi connectivity index (χ4n) is 6.38. The standard InChI is InChI=1S/C27H25ClN2O3/c1-14-20(28)8-5-9-21(14)29-25(31)22(12-15-6-3-2-4-7-15)30-26(32)23-16-10-11-17(19-13-18(16)19)24(23)27(30)33/h2-11,16-19,22-24H,12-13H2,1H3,(H,29,31)/t16-,17-,18-,19+,22-,23+,24+/m0/s1. The summed E-state index contributed by atoms with van der Waals surface area (Å²) < 4.78 is 0. The molecule has 168 valence electrons. The third kappa shape index (κ3) is 3.17. The van der Waals surface area contributed by atoms with Crippen LogP contribution in [0.5, 0.6) is 0 Å². The maximum atomic E-state index is 13.7. The molecule has 1 saturated heterocycles. The van der Waals surface area contributed by atoms with Crippen LogP contribution in [0.2, 0.25) is 5.02 Å². The van der Waals surface area contributed by atoms with Crippen molar-refractivity contribution in [3.63, 3.8) is 0 Å². The molecular weight excluding hydrogens is 436 g/mol. The van der Waals surface area contributed by atoms with Gasteiger partial charge in [0.15, 0.2) is 0 Å². The quantitative estimate of drug-likeness (QED) is 0.535. The zero-order chi connectivity index (χ0) is 22.9. The van der Waals surface area contributed by atoms with Crippen LogP contribution in [0.1, 0.15) is 17.5 Å². The van der Waals surface area contributed by atoms with E-state index in [1.165, 1.54) is 4.90 Å². The number of allylic oxidation sites excluding steroid dienone is 2. The molecule has 1 heterocycles. The second-order valence-corrected chi connectivity index (χ2v) is 10.2. The van der Waals surface area contributed by atoms with E-state index in [9.17, 15) is 14.4 Å². The summed E-state index contributed by atoms with van der Waals surface area (Å²) in [5.41, 5.74) is 2.24. The van der Waals surface area contributed by atoms with Crippen LogP contribution in [0.15, 0.2) is 60.7 Å². The largest absolute Gasteiger partial charge is 0.324 e. The Balaban J connectivity index is 1.34. The molecular formula is C27H25ClN2O3. The minimum Gasteiger partial charge on any atom is -0.324 e. The number of rotatable bonds is 5. The van der Waals surface area contributed by atoms with Gasteiger partial charge in [-0.25, -0.2) is 0 Å². The summed E-state index contributed by atoms with van der Waals surface area (Å²) in [6.45, 7) is 1.83. The minimum absolute atomic E-state index is 0.127. The zero-order valence-electron chi connectivity index (χ0n) is 18.3. The molecule has 2 saturated carbocycles. The second-order valence-electron chi connectivity index (χ2n) is 9.81. The first-order valence-electron chi connectivity index (χ1n) is 11.6. The third-order valence-corrected chi connectivity index (χ3v) is 8.52. The average Bonchev–Trinajstić information content (AvgIpc) is 3.60. The monoisotopic (exact) mass is 460 g/mol. The average molecular weight is 461 g/mol. The van der Waals surface area contributed by atoms with Crippen molar-refractivity contribution in [1.82, 2.24) is 4.90 Å². The number of benzene rings is 2. The fraction of sp³-hybridized carbons (Fsp3) is 0.370. The zero-order valence-corrected chi connectivity index (χ0v) is 19.0. The van der Waals surface area contributed by atoms with Crippen molar-refractivity contribution >= 4 is 35.0 Å². The van der Waals surface area contributed by atoms with Gasteiger partial charge in [-0.05, 0) is 60.3 Å². The fourth-order valence-corrected chi connectivity index (χ4v) is 6.56. The number of nitrogens with one attached hydrogen (secondary N) is 1. The number of anilines is 1. The van der Waals surface area contributed by atoms with Gasteiger partial charge in [0.05, 0.1) is 11.8 Å². The Kier molecular flexibility index (Phi) is 4.73. The highest BCUT2D eigenvalue weighted by Gasteiger charge is 2.67. The first-order valence-corrected chi connectivity index (χ1v) is 12.0. The van der Waals surface area contributed by atoms with Gasteiger partial charge in [0.25, 0.3) is 0 Å². The minimum atomic E-state index is -0.910. The highest BCUT2D eigenvalue weighted by atomic mass is 35.5. The van der Waals surface area contributed by atoms with Crippen LogP contribution >= 0.6 is 11.6 Å². The lowest BCUT2D eigenvalue weighted by molar-refractivity contribution is -0.146. The molecule has 5 aliphatic rings. The molecule has 5 nitrogen and oxygen atoms in total. The Morgan fingerprint density at radius 1 is 1.00 bits per heavy atom. The Hall–Kier alpha value is -2.92. The van der Waals surface area contributed by atoms with Crippen molar-refractivity contribution in [3.8, 4) is 0 Å². The summed E-state index contributed by atoms with van der Waals surface area (Å²) >= 11 is 6.24. The van der Waals surface area contributed by atoms with E-state index >= 15 is 0 Å². The number of imide groups is 1. The van der Waals surface area contributed by atoms with Crippen molar-refractivity contribution in [2.24, 2.45) is 35.5 Å². The van der Waals surface area contributed by atoms with Crippen molar-refractivity contribution in [2.75, 3.05) is 5.32 Å². The highest BCUT2D eigenvalue weighted by molar-refractivity contribution is 6.31. The van der Waals surface area contributed by atoms with Gasteiger partial charge < -0.3 is 5.32 Å². The predicted octanol–water partition coefficient (Wildman–Crippen LogP) is 4.25. The van der Waals surface area contributed by atoms with E-state index in [4.69, 9.17) is 11.6 Å². The number of nitrogens with zero attached hydrogens (tertiary/aromatic N) is 1. The molecule has 0 aromatic heterocycles. The lowest BCUT2D eigenvalue weighted by Crippen LogP contribution is -2.49. The van der Waals surface area contributed by atoms with Gasteiger partial charge in [0, 0.05) is 17.1 Å². The third-order valence-electron chi connectivity index (χ3n) is 8.11. The molecule has 7 rings (SSSR count). The lowest BCUT2D eigenvalue weighted by atomic mass is 9.63. The summed E-state index contributed by atoms with van der Waals surface area (Å²) in [7, 11) is 0. The van der Waals surface area contributed by atoms with Crippen LogP contribution in [0, 0.1) is 42.4 Å². The van der Waals surface area contributed by atoms with Gasteiger partial charge in [0.2, 0.25) is 17.7 Å². The van der Waals surface area contributed by atoms with Crippen molar-refractivity contribution < 1.29 is 14.4 Å². The van der Waals surface area contributed by atoms with E-state index in [0.29, 0.717) is 22.5 Å². The van der Waals surface area contributed by atoms with E-state index < -0.39 is 6.04 Å². The number of carbonyl (C=O) groups excluding carboxylic acids is 3. The first-order chi connectivity index (χ1) is 16.0. The van der Waals surface area contributed by atoms with Crippen molar-refractivity contribution in [3.05, 3.63) is 76.8 Å². The maximum absolute atomic E-state index is 13.7. The molecule has 3 amide bonds. The van der Waals surface area contributed by atoms with Crippen molar-refractivity contribution in [1.29, 1.82) is 0 Å². The molecule has 1 N–H and O–H groups in total. The van der Waals surface area contributed by atoms with E-state index in [0.717, 1.165) is 17.5 Å². The molecule has 6 heteroatoms. The Labute approximate surface area is 197 Å². The number of likely N-dealkylation sites (tertiary alicyclic amines) is 1. The first kappa shape index (κ1) is 20.7. The molecule has 33 heavy (non-hydrogen) atoms. The molecule has 1 aliphatic heterocycles. The Bertz CT molecular complexity index is 1160. The summed E-state index contributed by atoms with van der Waals surface area (Å²) in [6.07, 6.45) is 5.68. The summed E-state index contributed by atoms with van der Waals surface area (Å²) in [5, 5.41) is 3.49. The van der Waals surface area contributed by atoms with Gasteiger partial charge in [0.1, 0.15) is 6.04 Å². The van der Waals surface area contributed by atoms with Crippen LogP contribution in [0.4, 0.5) is 5.69 Å². The topological polar surface area (TPSA) is 66.5 Å². The maximum Gasteiger partial charge on any atom is 0.248 e. The number of hydrogen-bond donors (Lipinski definition) is 1. The molecule has 4 aliphatic carbocycles. The molecule has 0 radical (unpaired) electrons. The lowest BCUT2D eigenvalue weighted by Gasteiger charge is -2.37. The Morgan fingerprint density at radius 2 is 1.64 bits per heavy atom. The summed E-state index contributed by atoms with van der Waals surface area (Å²) in [6, 6.07) is 14.0. The van der Waals surface area contributed by atoms with Gasteiger partial charge in [-0.2, -0.15) is 0 Å². The van der Waals surface area contributed by atoms with E-state index in [1.54, 1.807) is 18.2 Å². The van der Waals surface area contributed by atoms with E-state index in [2.05, 4.69) is 17.5 Å². The smallest absolute Gasteiger partial charge is 0.248 e. The molecule has 2 aromatic carbocycles. The molecule has 3 fully saturated rings. The van der Waals surface area contributed by atoms with Crippen LogP contribution < -0.4 is 5.32 Å². The number of carbonyl (C=O) groups is 3. The van der Waals surface area contributed by atoms with Gasteiger partial charge >= 0.3 is 0 Å². The van der Waals surface area contributed by atoms with E-state index in [1.807, 2.05) is 37.3 Å². The van der Waals surface area contributed by atoms with Crippen LogP contribution in [0.25, 0.3) is 0 Å². The molecule has 7 atom stereocenters. The van der Waals surface area contributed by atoms with Crippen LogP contribution in [0.3, 0.4) is 0 Å². The van der Waals surface area contributed by atoms with Crippen LogP contribution in [-0.2, 0) is 20.8 Å². The highest BCUT2D eigenvalue weighted by Crippen LogP contribution is 2.65.